The molecule has 0 aliphatic carbocycles. The number of amides is 1. The van der Waals surface area contributed by atoms with Crippen LogP contribution >= 0.6 is 0 Å². The summed E-state index contributed by atoms with van der Waals surface area (Å²) in [5.41, 5.74) is -0.396. The molecule has 1 N–H and O–H groups in total. The van der Waals surface area contributed by atoms with Gasteiger partial charge in [0, 0.05) is 12.6 Å². The van der Waals surface area contributed by atoms with E-state index in [-0.39, 0.29) is 6.09 Å². The maximum absolute atomic E-state index is 12.1. The van der Waals surface area contributed by atoms with Gasteiger partial charge in [-0.15, -0.1) is 0 Å². The molecule has 2 aliphatic rings. The number of likely N-dealkylation sites (tertiary alicyclic amines) is 1. The SMILES string of the molecule is CC(C)(C)OC(=O)N1CC[C@H]2NCCCC[C@@H]21. The van der Waals surface area contributed by atoms with Crippen LogP contribution in [0.25, 0.3) is 0 Å². The number of ether oxygens (including phenoxy) is 1. The molecule has 0 bridgehead atoms. The Hall–Kier alpha value is -0.770. The van der Waals surface area contributed by atoms with Crippen molar-refractivity contribution in [3.8, 4) is 0 Å². The first-order valence-corrected chi connectivity index (χ1v) is 6.70. The van der Waals surface area contributed by atoms with E-state index in [0.717, 1.165) is 25.9 Å². The van der Waals surface area contributed by atoms with Gasteiger partial charge in [0.2, 0.25) is 0 Å². The van der Waals surface area contributed by atoms with Crippen molar-refractivity contribution in [2.45, 2.75) is 64.1 Å². The van der Waals surface area contributed by atoms with E-state index in [4.69, 9.17) is 4.74 Å². The van der Waals surface area contributed by atoms with E-state index in [9.17, 15) is 4.79 Å². The second-order valence-electron chi connectivity index (χ2n) is 6.09. The van der Waals surface area contributed by atoms with Crippen LogP contribution in [0.4, 0.5) is 4.79 Å². The highest BCUT2D eigenvalue weighted by molar-refractivity contribution is 5.69. The minimum atomic E-state index is -0.396. The zero-order chi connectivity index (χ0) is 12.5. The number of hydrogen-bond donors (Lipinski definition) is 1. The van der Waals surface area contributed by atoms with Gasteiger partial charge in [-0.2, -0.15) is 0 Å². The van der Waals surface area contributed by atoms with Gasteiger partial charge in [0.15, 0.2) is 0 Å². The summed E-state index contributed by atoms with van der Waals surface area (Å²) >= 11 is 0. The van der Waals surface area contributed by atoms with Gasteiger partial charge in [0.1, 0.15) is 5.60 Å². The highest BCUT2D eigenvalue weighted by atomic mass is 16.6. The number of rotatable bonds is 0. The molecular weight excluding hydrogens is 216 g/mol. The average molecular weight is 240 g/mol. The maximum atomic E-state index is 12.1. The van der Waals surface area contributed by atoms with Gasteiger partial charge in [-0.3, -0.25) is 0 Å². The molecule has 1 amide bonds. The number of carbonyl (C=O) groups excluding carboxylic acids is 1. The molecule has 2 heterocycles. The third-order valence-corrected chi connectivity index (χ3v) is 3.51. The summed E-state index contributed by atoms with van der Waals surface area (Å²) in [6.07, 6.45) is 4.44. The normalized spacial score (nSPS) is 29.7. The Bertz CT molecular complexity index is 286. The molecule has 2 rings (SSSR count). The Balaban J connectivity index is 1.99. The van der Waals surface area contributed by atoms with Crippen molar-refractivity contribution in [2.75, 3.05) is 13.1 Å². The molecule has 98 valence electrons. The van der Waals surface area contributed by atoms with Crippen LogP contribution in [0, 0.1) is 0 Å². The summed E-state index contributed by atoms with van der Waals surface area (Å²) in [4.78, 5) is 14.0. The van der Waals surface area contributed by atoms with Crippen molar-refractivity contribution in [1.82, 2.24) is 10.2 Å². The summed E-state index contributed by atoms with van der Waals surface area (Å²) in [6, 6.07) is 0.817. The summed E-state index contributed by atoms with van der Waals surface area (Å²) < 4.78 is 5.47. The Morgan fingerprint density at radius 3 is 2.76 bits per heavy atom. The van der Waals surface area contributed by atoms with E-state index >= 15 is 0 Å². The lowest BCUT2D eigenvalue weighted by Crippen LogP contribution is -2.45. The monoisotopic (exact) mass is 240 g/mol. The van der Waals surface area contributed by atoms with Crippen LogP contribution in [0.5, 0.6) is 0 Å². The van der Waals surface area contributed by atoms with Gasteiger partial charge in [-0.25, -0.2) is 4.79 Å². The van der Waals surface area contributed by atoms with Crippen molar-refractivity contribution < 1.29 is 9.53 Å². The summed E-state index contributed by atoms with van der Waals surface area (Å²) in [7, 11) is 0. The van der Waals surface area contributed by atoms with Gasteiger partial charge in [0.25, 0.3) is 0 Å². The Morgan fingerprint density at radius 2 is 2.06 bits per heavy atom. The molecule has 17 heavy (non-hydrogen) atoms. The number of nitrogens with one attached hydrogen (secondary N) is 1. The fourth-order valence-electron chi connectivity index (χ4n) is 2.76. The van der Waals surface area contributed by atoms with Crippen molar-refractivity contribution in [3.63, 3.8) is 0 Å². The molecule has 2 aliphatic heterocycles. The van der Waals surface area contributed by atoms with Gasteiger partial charge < -0.3 is 15.0 Å². The lowest BCUT2D eigenvalue weighted by atomic mass is 10.1. The molecule has 0 saturated carbocycles. The second kappa shape index (κ2) is 4.84. The second-order valence-corrected chi connectivity index (χ2v) is 6.09. The lowest BCUT2D eigenvalue weighted by molar-refractivity contribution is 0.0212. The van der Waals surface area contributed by atoms with E-state index in [1.54, 1.807) is 0 Å². The third-order valence-electron chi connectivity index (χ3n) is 3.51. The van der Waals surface area contributed by atoms with Crippen molar-refractivity contribution in [2.24, 2.45) is 0 Å². The molecule has 2 saturated heterocycles. The van der Waals surface area contributed by atoms with E-state index in [1.165, 1.54) is 12.8 Å². The lowest BCUT2D eigenvalue weighted by Gasteiger charge is -2.29. The van der Waals surface area contributed by atoms with Crippen molar-refractivity contribution >= 4 is 6.09 Å². The van der Waals surface area contributed by atoms with Crippen LogP contribution in [0.1, 0.15) is 46.5 Å². The Labute approximate surface area is 104 Å². The molecule has 0 radical (unpaired) electrons. The average Bonchev–Trinajstić information content (AvgIpc) is 2.46. The largest absolute Gasteiger partial charge is 0.444 e. The van der Waals surface area contributed by atoms with Gasteiger partial charge in [-0.1, -0.05) is 6.42 Å². The van der Waals surface area contributed by atoms with Gasteiger partial charge in [-0.05, 0) is 46.6 Å². The van der Waals surface area contributed by atoms with Gasteiger partial charge >= 0.3 is 6.09 Å². The highest BCUT2D eigenvalue weighted by Crippen LogP contribution is 2.26. The van der Waals surface area contributed by atoms with Crippen LogP contribution in [0.3, 0.4) is 0 Å². The zero-order valence-electron chi connectivity index (χ0n) is 11.2. The molecule has 4 heteroatoms. The van der Waals surface area contributed by atoms with Crippen LogP contribution in [0.15, 0.2) is 0 Å². The predicted octanol–water partition coefficient (Wildman–Crippen LogP) is 2.14. The van der Waals surface area contributed by atoms with E-state index in [2.05, 4.69) is 5.32 Å². The summed E-state index contributed by atoms with van der Waals surface area (Å²) in [5, 5.41) is 3.54. The molecule has 0 aromatic heterocycles. The van der Waals surface area contributed by atoms with Crippen molar-refractivity contribution in [1.29, 1.82) is 0 Å². The quantitative estimate of drug-likeness (QED) is 0.705. The van der Waals surface area contributed by atoms with E-state index < -0.39 is 5.60 Å². The molecule has 0 aromatic carbocycles. The van der Waals surface area contributed by atoms with Crippen LogP contribution in [-0.2, 0) is 4.74 Å². The molecule has 0 spiro atoms. The molecule has 0 unspecified atom stereocenters. The molecule has 0 aromatic rings. The number of carbonyl (C=O) groups is 1. The minimum Gasteiger partial charge on any atom is -0.444 e. The van der Waals surface area contributed by atoms with Crippen molar-refractivity contribution in [3.05, 3.63) is 0 Å². The zero-order valence-corrected chi connectivity index (χ0v) is 11.2. The number of hydrogen-bond acceptors (Lipinski definition) is 3. The van der Waals surface area contributed by atoms with E-state index in [0.29, 0.717) is 12.1 Å². The fraction of sp³-hybridized carbons (Fsp3) is 0.923. The summed E-state index contributed by atoms with van der Waals surface area (Å²) in [6.45, 7) is 7.68. The van der Waals surface area contributed by atoms with Crippen LogP contribution in [0.2, 0.25) is 0 Å². The third kappa shape index (κ3) is 3.12. The summed E-state index contributed by atoms with van der Waals surface area (Å²) in [5.74, 6) is 0. The first-order valence-electron chi connectivity index (χ1n) is 6.70. The molecule has 4 nitrogen and oxygen atoms in total. The molecule has 2 fully saturated rings. The first kappa shape index (κ1) is 12.7. The number of fused-ring (bicyclic) bond motifs is 1. The number of nitrogens with zero attached hydrogens (tertiary/aromatic N) is 1. The molecular formula is C13H24N2O2. The van der Waals surface area contributed by atoms with E-state index in [1.807, 2.05) is 25.7 Å². The standard InChI is InChI=1S/C13H24N2O2/c1-13(2,3)17-12(16)15-9-7-10-11(15)6-4-5-8-14-10/h10-11,14H,4-9H2,1-3H3/t10-,11+/m1/s1. The highest BCUT2D eigenvalue weighted by Gasteiger charge is 2.39. The Kier molecular flexibility index (Phi) is 3.61. The fourth-order valence-corrected chi connectivity index (χ4v) is 2.76. The first-order chi connectivity index (χ1) is 7.97. The van der Waals surface area contributed by atoms with Gasteiger partial charge in [0.05, 0.1) is 6.04 Å². The van der Waals surface area contributed by atoms with Crippen LogP contribution < -0.4 is 5.32 Å². The smallest absolute Gasteiger partial charge is 0.410 e. The minimum absolute atomic E-state index is 0.145. The van der Waals surface area contributed by atoms with Crippen LogP contribution in [-0.4, -0.2) is 41.8 Å². The maximum Gasteiger partial charge on any atom is 0.410 e. The molecule has 2 atom stereocenters. The predicted molar refractivity (Wildman–Crippen MR) is 67.0 cm³/mol. The topological polar surface area (TPSA) is 41.6 Å². The Morgan fingerprint density at radius 1 is 1.29 bits per heavy atom.